The number of fused-ring (bicyclic) bond motifs is 1. The minimum absolute atomic E-state index is 0.0259. The molecule has 0 amide bonds. The minimum atomic E-state index is 0.0259. The molecule has 0 spiro atoms. The molecule has 1 saturated heterocycles. The normalized spacial score (nSPS) is 14.5. The lowest BCUT2D eigenvalue weighted by Crippen LogP contribution is -2.36. The number of benzene rings is 3. The molecule has 1 N–H and O–H groups in total. The number of nitrogens with one attached hydrogen (secondary N) is 1. The van der Waals surface area contributed by atoms with Crippen molar-refractivity contribution in [3.05, 3.63) is 72.1 Å². The monoisotopic (exact) mass is 484 g/mol. The molecule has 7 heteroatoms. The minimum Gasteiger partial charge on any atom is -0.493 e. The van der Waals surface area contributed by atoms with Crippen LogP contribution < -0.4 is 19.7 Å². The molecule has 36 heavy (non-hydrogen) atoms. The summed E-state index contributed by atoms with van der Waals surface area (Å²) in [5, 5.41) is 4.49. The summed E-state index contributed by atoms with van der Waals surface area (Å²) in [5.74, 6) is 2.76. The van der Waals surface area contributed by atoms with Crippen molar-refractivity contribution in [2.24, 2.45) is 0 Å². The fourth-order valence-corrected chi connectivity index (χ4v) is 4.66. The predicted molar refractivity (Wildman–Crippen MR) is 144 cm³/mol. The molecule has 1 aliphatic heterocycles. The van der Waals surface area contributed by atoms with Gasteiger partial charge in [-0.05, 0) is 54.8 Å². The molecule has 0 bridgehead atoms. The van der Waals surface area contributed by atoms with Crippen molar-refractivity contribution in [2.75, 3.05) is 50.7 Å². The number of nitrogens with zero attached hydrogens (tertiary/aromatic N) is 3. The Bertz CT molecular complexity index is 1370. The first kappa shape index (κ1) is 23.9. The Kier molecular flexibility index (Phi) is 6.91. The molecule has 1 aliphatic rings. The van der Waals surface area contributed by atoms with E-state index in [1.165, 1.54) is 22.4 Å². The van der Waals surface area contributed by atoms with Gasteiger partial charge in [-0.15, -0.1) is 0 Å². The molecular formula is C29H32N4O3. The summed E-state index contributed by atoms with van der Waals surface area (Å²) in [6, 6.07) is 21.3. The lowest BCUT2D eigenvalue weighted by molar-refractivity contribution is 0.122. The Morgan fingerprint density at radius 1 is 0.889 bits per heavy atom. The van der Waals surface area contributed by atoms with Crippen molar-refractivity contribution in [2.45, 2.75) is 19.9 Å². The second-order valence-corrected chi connectivity index (χ2v) is 8.99. The Morgan fingerprint density at radius 2 is 1.58 bits per heavy atom. The Morgan fingerprint density at radius 3 is 2.33 bits per heavy atom. The maximum absolute atomic E-state index is 5.52. The van der Waals surface area contributed by atoms with Crippen LogP contribution in [-0.4, -0.2) is 50.5 Å². The lowest BCUT2D eigenvalue weighted by Gasteiger charge is -2.29. The third-order valence-electron chi connectivity index (χ3n) is 6.61. The van der Waals surface area contributed by atoms with Gasteiger partial charge in [-0.3, -0.25) is 0 Å². The molecule has 7 nitrogen and oxygen atoms in total. The highest BCUT2D eigenvalue weighted by atomic mass is 16.5. The summed E-state index contributed by atoms with van der Waals surface area (Å²) in [7, 11) is 3.26. The van der Waals surface area contributed by atoms with Gasteiger partial charge >= 0.3 is 0 Å². The van der Waals surface area contributed by atoms with Gasteiger partial charge < -0.3 is 24.4 Å². The van der Waals surface area contributed by atoms with Crippen molar-refractivity contribution < 1.29 is 14.2 Å². The summed E-state index contributed by atoms with van der Waals surface area (Å²) in [6.45, 7) is 7.44. The van der Waals surface area contributed by atoms with Crippen LogP contribution in [0.5, 0.6) is 11.5 Å². The van der Waals surface area contributed by atoms with Crippen LogP contribution in [0.1, 0.15) is 24.4 Å². The quantitative estimate of drug-likeness (QED) is 0.364. The summed E-state index contributed by atoms with van der Waals surface area (Å²) in [6.07, 6.45) is 0. The van der Waals surface area contributed by atoms with Crippen LogP contribution in [0.25, 0.3) is 22.0 Å². The maximum atomic E-state index is 5.52. The van der Waals surface area contributed by atoms with E-state index < -0.39 is 0 Å². The standard InChI is InChI=1S/C29H32N4O3/c1-19(30-29-25-17-27(34-3)28(35-4)18-26(25)31-20(2)32-29)21-7-5-8-22(15-21)23-9-6-10-24(16-23)33-11-13-36-14-12-33/h5-10,15-19H,11-14H2,1-4H3,(H,30,31,32). The largest absolute Gasteiger partial charge is 0.493 e. The first-order valence-electron chi connectivity index (χ1n) is 12.3. The third-order valence-corrected chi connectivity index (χ3v) is 6.61. The van der Waals surface area contributed by atoms with E-state index in [2.05, 4.69) is 70.7 Å². The van der Waals surface area contributed by atoms with Crippen LogP contribution in [0.4, 0.5) is 11.5 Å². The first-order valence-corrected chi connectivity index (χ1v) is 12.3. The number of hydrogen-bond acceptors (Lipinski definition) is 7. The molecule has 0 radical (unpaired) electrons. The van der Waals surface area contributed by atoms with Gasteiger partial charge in [0.1, 0.15) is 11.6 Å². The number of anilines is 2. The van der Waals surface area contributed by atoms with Crippen LogP contribution in [-0.2, 0) is 4.74 Å². The number of rotatable bonds is 7. The highest BCUT2D eigenvalue weighted by Crippen LogP contribution is 2.35. The number of methoxy groups -OCH3 is 2. The van der Waals surface area contributed by atoms with Gasteiger partial charge in [0.05, 0.1) is 33.0 Å². The van der Waals surface area contributed by atoms with Crippen molar-refractivity contribution in [1.29, 1.82) is 0 Å². The molecule has 3 aromatic carbocycles. The van der Waals surface area contributed by atoms with Gasteiger partial charge in [0.15, 0.2) is 11.5 Å². The van der Waals surface area contributed by atoms with E-state index in [1.54, 1.807) is 14.2 Å². The topological polar surface area (TPSA) is 68.7 Å². The van der Waals surface area contributed by atoms with Crippen LogP contribution in [0.15, 0.2) is 60.7 Å². The molecule has 1 aromatic heterocycles. The van der Waals surface area contributed by atoms with Gasteiger partial charge in [0, 0.05) is 36.3 Å². The number of aryl methyl sites for hydroxylation is 1. The molecule has 1 unspecified atom stereocenters. The Balaban J connectivity index is 1.43. The summed E-state index contributed by atoms with van der Waals surface area (Å²) < 4.78 is 16.5. The van der Waals surface area contributed by atoms with Crippen molar-refractivity contribution in [3.8, 4) is 22.6 Å². The van der Waals surface area contributed by atoms with E-state index in [0.29, 0.717) is 17.3 Å². The van der Waals surface area contributed by atoms with E-state index in [-0.39, 0.29) is 6.04 Å². The van der Waals surface area contributed by atoms with Crippen LogP contribution in [0.2, 0.25) is 0 Å². The molecule has 0 saturated carbocycles. The van der Waals surface area contributed by atoms with Crippen molar-refractivity contribution >= 4 is 22.4 Å². The molecular weight excluding hydrogens is 452 g/mol. The van der Waals surface area contributed by atoms with Crippen LogP contribution in [0, 0.1) is 6.92 Å². The number of ether oxygens (including phenoxy) is 3. The average molecular weight is 485 g/mol. The lowest BCUT2D eigenvalue weighted by atomic mass is 9.99. The fraction of sp³-hybridized carbons (Fsp3) is 0.310. The van der Waals surface area contributed by atoms with E-state index in [9.17, 15) is 0 Å². The van der Waals surface area contributed by atoms with E-state index in [0.717, 1.165) is 43.0 Å². The predicted octanol–water partition coefficient (Wildman–Crippen LogP) is 5.63. The second kappa shape index (κ2) is 10.4. The van der Waals surface area contributed by atoms with E-state index >= 15 is 0 Å². The number of hydrogen-bond donors (Lipinski definition) is 1. The van der Waals surface area contributed by atoms with Crippen molar-refractivity contribution in [3.63, 3.8) is 0 Å². The van der Waals surface area contributed by atoms with Gasteiger partial charge in [0.25, 0.3) is 0 Å². The summed E-state index contributed by atoms with van der Waals surface area (Å²) in [4.78, 5) is 11.7. The number of aromatic nitrogens is 2. The van der Waals surface area contributed by atoms with Crippen LogP contribution in [0.3, 0.4) is 0 Å². The average Bonchev–Trinajstić information content (AvgIpc) is 2.93. The van der Waals surface area contributed by atoms with Gasteiger partial charge in [-0.2, -0.15) is 0 Å². The zero-order valence-electron chi connectivity index (χ0n) is 21.2. The molecule has 186 valence electrons. The summed E-state index contributed by atoms with van der Waals surface area (Å²) >= 11 is 0. The van der Waals surface area contributed by atoms with Crippen molar-refractivity contribution in [1.82, 2.24) is 9.97 Å². The molecule has 1 atom stereocenters. The SMILES string of the molecule is COc1cc2nc(C)nc(NC(C)c3cccc(-c4cccc(N5CCOCC5)c4)c3)c2cc1OC. The van der Waals surface area contributed by atoms with Gasteiger partial charge in [0.2, 0.25) is 0 Å². The fourth-order valence-electron chi connectivity index (χ4n) is 4.66. The second-order valence-electron chi connectivity index (χ2n) is 8.99. The highest BCUT2D eigenvalue weighted by molar-refractivity contribution is 5.92. The molecule has 5 rings (SSSR count). The summed E-state index contributed by atoms with van der Waals surface area (Å²) in [5.41, 5.74) is 5.61. The molecule has 1 fully saturated rings. The Labute approximate surface area is 212 Å². The zero-order chi connectivity index (χ0) is 25.1. The molecule has 2 heterocycles. The molecule has 4 aromatic rings. The number of morpholine rings is 1. The Hall–Kier alpha value is -3.84. The molecule has 0 aliphatic carbocycles. The highest BCUT2D eigenvalue weighted by Gasteiger charge is 2.16. The zero-order valence-corrected chi connectivity index (χ0v) is 21.2. The van der Waals surface area contributed by atoms with Gasteiger partial charge in [-0.1, -0.05) is 30.3 Å². The van der Waals surface area contributed by atoms with E-state index in [4.69, 9.17) is 19.2 Å². The van der Waals surface area contributed by atoms with E-state index in [1.807, 2.05) is 19.1 Å². The first-order chi connectivity index (χ1) is 17.6. The van der Waals surface area contributed by atoms with Gasteiger partial charge in [-0.25, -0.2) is 9.97 Å². The van der Waals surface area contributed by atoms with Crippen LogP contribution >= 0.6 is 0 Å². The third kappa shape index (κ3) is 4.93. The smallest absolute Gasteiger partial charge is 0.162 e. The maximum Gasteiger partial charge on any atom is 0.162 e.